The van der Waals surface area contributed by atoms with Crippen molar-refractivity contribution in [1.82, 2.24) is 10.2 Å². The number of carbonyl (C=O) groups excluding carboxylic acids is 2. The molecule has 36 heavy (non-hydrogen) atoms. The van der Waals surface area contributed by atoms with Crippen molar-refractivity contribution >= 4 is 23.6 Å². The molecule has 0 spiro atoms. The number of amides is 2. The SMILES string of the molecule is COC(=O)NCCO[C@@H](c1cc(Cl)ccc1C)[C@@H]1CCCN(C(=O)CC[C@@H](N)C[C@H]2CCCOC2)C1. The fourth-order valence-corrected chi connectivity index (χ4v) is 5.48. The fourth-order valence-electron chi connectivity index (χ4n) is 5.30. The molecular formula is C27H42ClN3O5. The lowest BCUT2D eigenvalue weighted by atomic mass is 9.86. The van der Waals surface area contributed by atoms with Gasteiger partial charge < -0.3 is 30.2 Å². The highest BCUT2D eigenvalue weighted by molar-refractivity contribution is 6.30. The Hall–Kier alpha value is -1.87. The van der Waals surface area contributed by atoms with E-state index in [9.17, 15) is 9.59 Å². The van der Waals surface area contributed by atoms with Crippen molar-refractivity contribution in [1.29, 1.82) is 0 Å². The monoisotopic (exact) mass is 523 g/mol. The van der Waals surface area contributed by atoms with Crippen LogP contribution in [0.15, 0.2) is 18.2 Å². The van der Waals surface area contributed by atoms with E-state index >= 15 is 0 Å². The van der Waals surface area contributed by atoms with Crippen molar-refractivity contribution in [2.45, 2.75) is 64.0 Å². The zero-order valence-corrected chi connectivity index (χ0v) is 22.4. The van der Waals surface area contributed by atoms with Crippen LogP contribution in [-0.4, -0.2) is 69.5 Å². The predicted molar refractivity (Wildman–Crippen MR) is 140 cm³/mol. The predicted octanol–water partition coefficient (Wildman–Crippen LogP) is 4.22. The third-order valence-electron chi connectivity index (χ3n) is 7.26. The number of aryl methyl sites for hydroxylation is 1. The number of methoxy groups -OCH3 is 1. The first-order valence-electron chi connectivity index (χ1n) is 13.2. The van der Waals surface area contributed by atoms with Gasteiger partial charge in [-0.3, -0.25) is 4.79 Å². The van der Waals surface area contributed by atoms with Crippen LogP contribution in [0.1, 0.15) is 62.2 Å². The second kappa shape index (κ2) is 14.8. The molecule has 0 bridgehead atoms. The molecule has 0 saturated carbocycles. The highest BCUT2D eigenvalue weighted by Gasteiger charge is 2.32. The van der Waals surface area contributed by atoms with Gasteiger partial charge in [-0.2, -0.15) is 0 Å². The van der Waals surface area contributed by atoms with Crippen molar-refractivity contribution in [3.8, 4) is 0 Å². The smallest absolute Gasteiger partial charge is 0.406 e. The summed E-state index contributed by atoms with van der Waals surface area (Å²) in [6.07, 6.45) is 5.49. The van der Waals surface area contributed by atoms with Gasteiger partial charge in [0.2, 0.25) is 5.91 Å². The Morgan fingerprint density at radius 3 is 2.89 bits per heavy atom. The molecule has 2 amide bonds. The van der Waals surface area contributed by atoms with E-state index in [4.69, 9.17) is 26.8 Å². The number of alkyl carbamates (subject to hydrolysis) is 1. The first kappa shape index (κ1) is 28.7. The Morgan fingerprint density at radius 1 is 1.31 bits per heavy atom. The molecule has 1 aromatic carbocycles. The van der Waals surface area contributed by atoms with Crippen LogP contribution in [0.3, 0.4) is 0 Å². The molecule has 2 heterocycles. The molecule has 2 aliphatic heterocycles. The minimum atomic E-state index is -0.488. The summed E-state index contributed by atoms with van der Waals surface area (Å²) in [5.41, 5.74) is 8.48. The maximum absolute atomic E-state index is 13.1. The zero-order valence-electron chi connectivity index (χ0n) is 21.7. The lowest BCUT2D eigenvalue weighted by molar-refractivity contribution is -0.134. The molecule has 3 N–H and O–H groups in total. The van der Waals surface area contributed by atoms with Crippen LogP contribution in [0, 0.1) is 18.8 Å². The summed E-state index contributed by atoms with van der Waals surface area (Å²) in [6, 6.07) is 5.83. The minimum absolute atomic E-state index is 0.0220. The number of rotatable bonds is 11. The molecule has 0 aliphatic carbocycles. The lowest BCUT2D eigenvalue weighted by Gasteiger charge is -2.38. The minimum Gasteiger partial charge on any atom is -0.453 e. The average Bonchev–Trinajstić information content (AvgIpc) is 2.89. The van der Waals surface area contributed by atoms with Crippen LogP contribution in [-0.2, 0) is 19.0 Å². The van der Waals surface area contributed by atoms with Gasteiger partial charge in [-0.05, 0) is 74.6 Å². The summed E-state index contributed by atoms with van der Waals surface area (Å²) >= 11 is 6.33. The van der Waals surface area contributed by atoms with E-state index in [0.29, 0.717) is 43.5 Å². The molecule has 0 aromatic heterocycles. The van der Waals surface area contributed by atoms with Gasteiger partial charge in [0.1, 0.15) is 0 Å². The summed E-state index contributed by atoms with van der Waals surface area (Å²) in [7, 11) is 1.33. The average molecular weight is 524 g/mol. The van der Waals surface area contributed by atoms with E-state index in [2.05, 4.69) is 10.1 Å². The quantitative estimate of drug-likeness (QED) is 0.421. The van der Waals surface area contributed by atoms with E-state index in [1.807, 2.05) is 30.0 Å². The van der Waals surface area contributed by atoms with Crippen molar-refractivity contribution < 1.29 is 23.8 Å². The molecule has 9 heteroatoms. The lowest BCUT2D eigenvalue weighted by Crippen LogP contribution is -2.43. The topological polar surface area (TPSA) is 103 Å². The molecule has 2 fully saturated rings. The highest BCUT2D eigenvalue weighted by Crippen LogP contribution is 2.36. The number of hydrogen-bond donors (Lipinski definition) is 2. The van der Waals surface area contributed by atoms with Crippen molar-refractivity contribution in [3.05, 3.63) is 34.3 Å². The van der Waals surface area contributed by atoms with Gasteiger partial charge in [-0.1, -0.05) is 17.7 Å². The number of hydrogen-bond acceptors (Lipinski definition) is 6. The number of ether oxygens (including phenoxy) is 3. The zero-order chi connectivity index (χ0) is 25.9. The van der Waals surface area contributed by atoms with Crippen molar-refractivity contribution in [2.24, 2.45) is 17.6 Å². The first-order chi connectivity index (χ1) is 17.4. The van der Waals surface area contributed by atoms with Gasteiger partial charge in [0.05, 0.1) is 19.8 Å². The van der Waals surface area contributed by atoms with E-state index in [1.54, 1.807) is 0 Å². The molecule has 2 aliphatic rings. The Bertz CT molecular complexity index is 849. The number of nitrogens with zero attached hydrogens (tertiary/aromatic N) is 1. The maximum Gasteiger partial charge on any atom is 0.406 e. The van der Waals surface area contributed by atoms with Crippen LogP contribution in [0.2, 0.25) is 5.02 Å². The Kier molecular flexibility index (Phi) is 11.8. The van der Waals surface area contributed by atoms with Crippen LogP contribution < -0.4 is 11.1 Å². The molecule has 2 saturated heterocycles. The van der Waals surface area contributed by atoms with Crippen LogP contribution in [0.4, 0.5) is 4.79 Å². The first-order valence-corrected chi connectivity index (χ1v) is 13.6. The third kappa shape index (κ3) is 8.91. The van der Waals surface area contributed by atoms with E-state index in [-0.39, 0.29) is 24.0 Å². The Morgan fingerprint density at radius 2 is 2.14 bits per heavy atom. The molecule has 8 nitrogen and oxygen atoms in total. The van der Waals surface area contributed by atoms with Crippen molar-refractivity contribution in [2.75, 3.05) is 46.6 Å². The largest absolute Gasteiger partial charge is 0.453 e. The molecule has 1 aromatic rings. The maximum atomic E-state index is 13.1. The van der Waals surface area contributed by atoms with Crippen LogP contribution >= 0.6 is 11.6 Å². The third-order valence-corrected chi connectivity index (χ3v) is 7.50. The molecule has 0 radical (unpaired) electrons. The number of likely N-dealkylation sites (tertiary alicyclic amines) is 1. The van der Waals surface area contributed by atoms with Gasteiger partial charge in [-0.25, -0.2) is 4.79 Å². The second-order valence-corrected chi connectivity index (χ2v) is 10.5. The number of piperidine rings is 1. The number of halogens is 1. The van der Waals surface area contributed by atoms with Gasteiger partial charge in [-0.15, -0.1) is 0 Å². The van der Waals surface area contributed by atoms with E-state index in [1.165, 1.54) is 7.11 Å². The molecular weight excluding hydrogens is 482 g/mol. The summed E-state index contributed by atoms with van der Waals surface area (Å²) in [6.45, 7) is 5.73. The van der Waals surface area contributed by atoms with E-state index in [0.717, 1.165) is 63.0 Å². The van der Waals surface area contributed by atoms with Crippen molar-refractivity contribution in [3.63, 3.8) is 0 Å². The number of carbonyl (C=O) groups is 2. The Balaban J connectivity index is 1.58. The molecule has 3 rings (SSSR count). The summed E-state index contributed by atoms with van der Waals surface area (Å²) < 4.78 is 16.5. The van der Waals surface area contributed by atoms with Gasteiger partial charge in [0.15, 0.2) is 0 Å². The number of nitrogens with one attached hydrogen (secondary N) is 1. The summed E-state index contributed by atoms with van der Waals surface area (Å²) in [5, 5.41) is 3.31. The second-order valence-electron chi connectivity index (χ2n) is 10.1. The van der Waals surface area contributed by atoms with Crippen LogP contribution in [0.5, 0.6) is 0 Å². The van der Waals surface area contributed by atoms with Crippen LogP contribution in [0.25, 0.3) is 0 Å². The normalized spacial score (nSPS) is 22.1. The van der Waals surface area contributed by atoms with Gasteiger partial charge in [0, 0.05) is 56.3 Å². The highest BCUT2D eigenvalue weighted by atomic mass is 35.5. The molecule has 4 atom stereocenters. The molecule has 0 unspecified atom stereocenters. The number of nitrogens with two attached hydrogens (primary N) is 1. The summed E-state index contributed by atoms with van der Waals surface area (Å²) in [4.78, 5) is 26.5. The Labute approximate surface area is 220 Å². The molecule has 202 valence electrons. The summed E-state index contributed by atoms with van der Waals surface area (Å²) in [5.74, 6) is 0.797. The number of benzene rings is 1. The van der Waals surface area contributed by atoms with Gasteiger partial charge in [0.25, 0.3) is 0 Å². The van der Waals surface area contributed by atoms with E-state index < -0.39 is 6.09 Å². The standard InChI is InChI=1S/C27H42ClN3O5/c1-19-7-8-22(28)16-24(19)26(36-14-11-30-27(33)34-2)21-6-3-12-31(17-21)25(32)10-9-23(29)15-20-5-4-13-35-18-20/h7-8,16,20-21,23,26H,3-6,9-15,17-18,29H2,1-2H3,(H,30,33)/t20-,21-,23-,26-/m1/s1. The van der Waals surface area contributed by atoms with Gasteiger partial charge >= 0.3 is 6.09 Å². The fraction of sp³-hybridized carbons (Fsp3) is 0.704.